The van der Waals surface area contributed by atoms with E-state index < -0.39 is 12.0 Å². The van der Waals surface area contributed by atoms with Gasteiger partial charge in [-0.25, -0.2) is 4.79 Å². The van der Waals surface area contributed by atoms with E-state index in [0.29, 0.717) is 46.1 Å². The van der Waals surface area contributed by atoms with Gasteiger partial charge in [-0.05, 0) is 55.5 Å². The van der Waals surface area contributed by atoms with Gasteiger partial charge in [0.1, 0.15) is 11.3 Å². The molecule has 0 radical (unpaired) electrons. The van der Waals surface area contributed by atoms with E-state index in [4.69, 9.17) is 16.0 Å². The zero-order valence-corrected chi connectivity index (χ0v) is 22.4. The van der Waals surface area contributed by atoms with Crippen molar-refractivity contribution in [2.75, 3.05) is 36.4 Å². The van der Waals surface area contributed by atoms with Gasteiger partial charge < -0.3 is 24.6 Å². The van der Waals surface area contributed by atoms with Crippen molar-refractivity contribution < 1.29 is 19.1 Å². The third-order valence-corrected chi connectivity index (χ3v) is 7.28. The molecule has 1 aliphatic rings. The quantitative estimate of drug-likeness (QED) is 0.322. The van der Waals surface area contributed by atoms with Crippen LogP contribution in [0.3, 0.4) is 0 Å². The van der Waals surface area contributed by atoms with E-state index in [1.165, 1.54) is 12.1 Å². The van der Waals surface area contributed by atoms with Crippen LogP contribution in [0.1, 0.15) is 35.8 Å². The molecule has 9 heteroatoms. The third-order valence-electron chi connectivity index (χ3n) is 7.06. The normalized spacial score (nSPS) is 14.3. The minimum absolute atomic E-state index is 0.0904. The highest BCUT2D eigenvalue weighted by molar-refractivity contribution is 6.31. The molecule has 2 N–H and O–H groups in total. The van der Waals surface area contributed by atoms with Crippen molar-refractivity contribution in [2.45, 2.75) is 19.9 Å². The minimum atomic E-state index is -1.04. The predicted octanol–water partition coefficient (Wildman–Crippen LogP) is 5.65. The van der Waals surface area contributed by atoms with E-state index in [2.05, 4.69) is 10.2 Å². The molecule has 0 saturated carbocycles. The van der Waals surface area contributed by atoms with E-state index in [1.807, 2.05) is 36.1 Å². The van der Waals surface area contributed by atoms with Gasteiger partial charge in [0, 0.05) is 66.7 Å². The molecule has 1 fully saturated rings. The Morgan fingerprint density at radius 1 is 1.00 bits per heavy atom. The Bertz CT molecular complexity index is 1610. The summed E-state index contributed by atoms with van der Waals surface area (Å²) in [6.45, 7) is 6.33. The summed E-state index contributed by atoms with van der Waals surface area (Å²) in [5, 5.41) is 13.5. The zero-order valence-electron chi connectivity index (χ0n) is 21.6. The van der Waals surface area contributed by atoms with Gasteiger partial charge in [0.25, 0.3) is 0 Å². The van der Waals surface area contributed by atoms with E-state index in [0.717, 1.165) is 24.3 Å². The van der Waals surface area contributed by atoms with Crippen molar-refractivity contribution in [3.8, 4) is 11.3 Å². The maximum absolute atomic E-state index is 13.1. The van der Waals surface area contributed by atoms with Crippen molar-refractivity contribution in [2.24, 2.45) is 0 Å². The number of benzene rings is 3. The second-order valence-electron chi connectivity index (χ2n) is 9.60. The van der Waals surface area contributed by atoms with E-state index in [9.17, 15) is 19.5 Å². The second kappa shape index (κ2) is 10.8. The Balaban J connectivity index is 1.46. The maximum atomic E-state index is 13.1. The molecule has 1 aromatic heterocycles. The zero-order chi connectivity index (χ0) is 27.7. The molecule has 1 atom stereocenters. The number of fused-ring (bicyclic) bond motifs is 1. The van der Waals surface area contributed by atoms with E-state index >= 15 is 0 Å². The number of rotatable bonds is 6. The molecule has 5 rings (SSSR count). The van der Waals surface area contributed by atoms with Crippen LogP contribution in [0, 0.1) is 0 Å². The number of hydrogen-bond donors (Lipinski definition) is 2. The largest absolute Gasteiger partial charge is 0.478 e. The average Bonchev–Trinajstić information content (AvgIpc) is 2.93. The van der Waals surface area contributed by atoms with Crippen LogP contribution in [0.15, 0.2) is 75.9 Å². The number of carbonyl (C=O) groups excluding carboxylic acids is 1. The summed E-state index contributed by atoms with van der Waals surface area (Å²) in [6.07, 6.45) is 0. The number of para-hydroxylation sites is 1. The lowest BCUT2D eigenvalue weighted by atomic mass is 10.0. The molecular weight excluding hydrogens is 518 g/mol. The number of piperazine rings is 1. The highest BCUT2D eigenvalue weighted by Crippen LogP contribution is 2.33. The average molecular weight is 546 g/mol. The van der Waals surface area contributed by atoms with Gasteiger partial charge in [0.2, 0.25) is 5.91 Å². The van der Waals surface area contributed by atoms with Gasteiger partial charge in [0.15, 0.2) is 5.43 Å². The Morgan fingerprint density at radius 2 is 1.69 bits per heavy atom. The van der Waals surface area contributed by atoms with Gasteiger partial charge >= 0.3 is 5.97 Å². The molecule has 2 heterocycles. The van der Waals surface area contributed by atoms with Gasteiger partial charge in [-0.2, -0.15) is 0 Å². The molecule has 39 heavy (non-hydrogen) atoms. The summed E-state index contributed by atoms with van der Waals surface area (Å²) < 4.78 is 6.30. The predicted molar refractivity (Wildman–Crippen MR) is 153 cm³/mol. The first-order chi connectivity index (χ1) is 18.7. The number of carboxylic acids is 1. The van der Waals surface area contributed by atoms with Gasteiger partial charge in [-0.3, -0.25) is 9.59 Å². The summed E-state index contributed by atoms with van der Waals surface area (Å²) >= 11 is 6.37. The summed E-state index contributed by atoms with van der Waals surface area (Å²) in [6, 6.07) is 18.8. The van der Waals surface area contributed by atoms with Crippen LogP contribution in [0.25, 0.3) is 22.3 Å². The monoisotopic (exact) mass is 545 g/mol. The molecule has 0 aliphatic carbocycles. The van der Waals surface area contributed by atoms with Crippen molar-refractivity contribution in [1.82, 2.24) is 4.90 Å². The summed E-state index contributed by atoms with van der Waals surface area (Å²) in [5.74, 6) is -0.533. The van der Waals surface area contributed by atoms with Crippen LogP contribution in [-0.4, -0.2) is 48.1 Å². The molecule has 0 spiro atoms. The lowest BCUT2D eigenvalue weighted by Gasteiger charge is -2.35. The molecule has 0 bridgehead atoms. The van der Waals surface area contributed by atoms with Crippen LogP contribution >= 0.6 is 11.6 Å². The molecule has 1 aliphatic heterocycles. The molecule has 4 aromatic rings. The van der Waals surface area contributed by atoms with Crippen molar-refractivity contribution in [3.63, 3.8) is 0 Å². The van der Waals surface area contributed by atoms with Gasteiger partial charge in [-0.15, -0.1) is 0 Å². The molecule has 1 saturated heterocycles. The lowest BCUT2D eigenvalue weighted by Crippen LogP contribution is -2.48. The Labute approximate surface area is 230 Å². The van der Waals surface area contributed by atoms with Crippen molar-refractivity contribution in [1.29, 1.82) is 0 Å². The van der Waals surface area contributed by atoms with Crippen LogP contribution in [-0.2, 0) is 4.79 Å². The first kappa shape index (κ1) is 26.3. The number of halogens is 1. The number of hydrogen-bond acceptors (Lipinski definition) is 6. The number of aromatic carboxylic acids is 1. The number of amides is 1. The van der Waals surface area contributed by atoms with Crippen LogP contribution in [0.4, 0.5) is 11.4 Å². The fourth-order valence-electron chi connectivity index (χ4n) is 4.93. The molecular formula is C30H28ClN3O5. The molecule has 3 aromatic carbocycles. The summed E-state index contributed by atoms with van der Waals surface area (Å²) in [5.41, 5.74) is 3.17. The number of carboxylic acid groups (broad SMARTS) is 1. The van der Waals surface area contributed by atoms with Crippen LogP contribution < -0.4 is 15.6 Å². The Morgan fingerprint density at radius 3 is 2.36 bits per heavy atom. The first-order valence-electron chi connectivity index (χ1n) is 12.7. The molecule has 1 amide bonds. The highest BCUT2D eigenvalue weighted by atomic mass is 35.5. The van der Waals surface area contributed by atoms with Crippen molar-refractivity contribution in [3.05, 3.63) is 93.1 Å². The second-order valence-corrected chi connectivity index (χ2v) is 10.0. The minimum Gasteiger partial charge on any atom is -0.478 e. The lowest BCUT2D eigenvalue weighted by molar-refractivity contribution is -0.129. The fraction of sp³-hybridized carbons (Fsp3) is 0.233. The number of carbonyl (C=O) groups is 2. The van der Waals surface area contributed by atoms with Crippen molar-refractivity contribution >= 4 is 45.8 Å². The highest BCUT2D eigenvalue weighted by Gasteiger charge is 2.20. The molecule has 1 unspecified atom stereocenters. The van der Waals surface area contributed by atoms with E-state index in [1.54, 1.807) is 37.3 Å². The number of nitrogens with zero attached hydrogens (tertiary/aromatic N) is 2. The topological polar surface area (TPSA) is 103 Å². The summed E-state index contributed by atoms with van der Waals surface area (Å²) in [4.78, 5) is 40.5. The maximum Gasteiger partial charge on any atom is 0.337 e. The van der Waals surface area contributed by atoms with E-state index in [-0.39, 0.29) is 16.9 Å². The SMILES string of the molecule is CC(=O)N1CCN(c2ccc(-c3cc(=O)c4cc(Cl)cc(C(C)Nc5ccccc5C(=O)O)c4o3)cc2)CC1. The Kier molecular flexibility index (Phi) is 7.30. The van der Waals surface area contributed by atoms with Gasteiger partial charge in [-0.1, -0.05) is 23.7 Å². The number of anilines is 2. The third kappa shape index (κ3) is 5.47. The fourth-order valence-corrected chi connectivity index (χ4v) is 5.16. The number of nitrogens with one attached hydrogen (secondary N) is 1. The molecule has 8 nitrogen and oxygen atoms in total. The van der Waals surface area contributed by atoms with Crippen LogP contribution in [0.2, 0.25) is 5.02 Å². The smallest absolute Gasteiger partial charge is 0.337 e. The van der Waals surface area contributed by atoms with Gasteiger partial charge in [0.05, 0.1) is 17.0 Å². The van der Waals surface area contributed by atoms with Crippen LogP contribution in [0.5, 0.6) is 0 Å². The summed E-state index contributed by atoms with van der Waals surface area (Å²) in [7, 11) is 0. The Hall–Kier alpha value is -4.30. The molecule has 200 valence electrons. The first-order valence-corrected chi connectivity index (χ1v) is 13.1. The standard InChI is InChI=1S/C30H28ClN3O5/c1-18(32-26-6-4-3-5-23(26)30(37)38)24-15-21(31)16-25-27(36)17-28(39-29(24)25)20-7-9-22(10-8-20)34-13-11-33(12-14-34)19(2)35/h3-10,15-18,32H,11-14H2,1-2H3,(H,37,38).